The average molecular weight is 649 g/mol. The molecule has 3 N–H and O–H groups in total. The molecular formula is C28H30Cl2F4N4O5. The highest BCUT2D eigenvalue weighted by molar-refractivity contribution is 6.35. The number of nitrogens with zero attached hydrogens (tertiary/aromatic N) is 2. The van der Waals surface area contributed by atoms with E-state index in [1.807, 2.05) is 0 Å². The van der Waals surface area contributed by atoms with Gasteiger partial charge in [0.25, 0.3) is 5.91 Å². The van der Waals surface area contributed by atoms with Crippen molar-refractivity contribution in [2.45, 2.75) is 50.0 Å². The zero-order chi connectivity index (χ0) is 31.9. The molecule has 0 saturated carbocycles. The Morgan fingerprint density at radius 3 is 2.33 bits per heavy atom. The molecule has 0 radical (unpaired) electrons. The number of amides is 3. The maximum Gasteiger partial charge on any atom is 0.490 e. The normalized spacial score (nSPS) is 17.2. The number of nitrogens with one attached hydrogen (secondary N) is 1. The minimum atomic E-state index is -5.37. The first-order valence-electron chi connectivity index (χ1n) is 13.2. The maximum atomic E-state index is 13.7. The van der Waals surface area contributed by atoms with Gasteiger partial charge in [-0.15, -0.1) is 0 Å². The van der Waals surface area contributed by atoms with Crippen LogP contribution in [-0.4, -0.2) is 84.5 Å². The van der Waals surface area contributed by atoms with Crippen LogP contribution in [0.15, 0.2) is 42.5 Å². The smallest absolute Gasteiger partial charge is 0.445 e. The lowest BCUT2D eigenvalue weighted by Crippen LogP contribution is -2.62. The number of primary amides is 1. The predicted octanol–water partition coefficient (Wildman–Crippen LogP) is 3.28. The second kappa shape index (κ2) is 14.8. The van der Waals surface area contributed by atoms with E-state index in [9.17, 15) is 36.7 Å². The summed E-state index contributed by atoms with van der Waals surface area (Å²) in [5.74, 6) is -5.13. The molecule has 1 aliphatic rings. The van der Waals surface area contributed by atoms with Gasteiger partial charge >= 0.3 is 12.1 Å². The fraction of sp³-hybridized carbons (Fsp3) is 0.429. The number of esters is 1. The highest BCUT2D eigenvalue weighted by atomic mass is 35.5. The first-order valence-corrected chi connectivity index (χ1v) is 14.0. The van der Waals surface area contributed by atoms with Crippen molar-refractivity contribution < 1.29 is 41.5 Å². The standard InChI is InChI=1S/C28H30Cl2F4N4O5/c1-36-25(40)22(13-17-4-5-18(29)14-21(17)30)37-10-11-38(20(15-37)8-9-24(35)39)26(41)23(43-27(42)28(32,33)34)12-16-2-6-19(31)7-3-16/h2-7,14,20,22-23H,8-13,15H2,1H3,(H2,35,39)(H,36,40). The summed E-state index contributed by atoms with van der Waals surface area (Å²) in [4.78, 5) is 53.1. The summed E-state index contributed by atoms with van der Waals surface area (Å²) in [6.45, 7) is 0.0744. The van der Waals surface area contributed by atoms with Crippen LogP contribution in [0.2, 0.25) is 10.0 Å². The monoisotopic (exact) mass is 648 g/mol. The van der Waals surface area contributed by atoms with Crippen molar-refractivity contribution in [2.24, 2.45) is 5.73 Å². The molecular weight excluding hydrogens is 619 g/mol. The van der Waals surface area contributed by atoms with Crippen molar-refractivity contribution in [2.75, 3.05) is 26.7 Å². The lowest BCUT2D eigenvalue weighted by Gasteiger charge is -2.45. The largest absolute Gasteiger partial charge is 0.490 e. The molecule has 9 nitrogen and oxygen atoms in total. The minimum Gasteiger partial charge on any atom is -0.445 e. The molecule has 3 atom stereocenters. The van der Waals surface area contributed by atoms with Crippen LogP contribution in [0.1, 0.15) is 24.0 Å². The number of nitrogens with two attached hydrogens (primary N) is 1. The van der Waals surface area contributed by atoms with Crippen molar-refractivity contribution in [3.05, 3.63) is 69.5 Å². The van der Waals surface area contributed by atoms with Gasteiger partial charge < -0.3 is 20.7 Å². The molecule has 1 aliphatic heterocycles. The summed E-state index contributed by atoms with van der Waals surface area (Å²) in [5, 5.41) is 3.35. The van der Waals surface area contributed by atoms with Gasteiger partial charge in [-0.25, -0.2) is 9.18 Å². The molecule has 1 heterocycles. The number of likely N-dealkylation sites (N-methyl/N-ethyl adjacent to an activating group) is 1. The van der Waals surface area contributed by atoms with Gasteiger partial charge in [0.05, 0.1) is 6.04 Å². The fourth-order valence-electron chi connectivity index (χ4n) is 4.85. The van der Waals surface area contributed by atoms with Crippen molar-refractivity contribution in [3.8, 4) is 0 Å². The van der Waals surface area contributed by atoms with Gasteiger partial charge in [-0.3, -0.25) is 19.3 Å². The SMILES string of the molecule is CNC(=O)C(Cc1ccc(Cl)cc1Cl)N1CCN(C(=O)C(Cc2ccc(F)cc2)OC(=O)C(F)(F)F)C(CCC(N)=O)C1. The maximum absolute atomic E-state index is 13.7. The predicted molar refractivity (Wildman–Crippen MR) is 150 cm³/mol. The summed E-state index contributed by atoms with van der Waals surface area (Å²) < 4.78 is 57.4. The summed E-state index contributed by atoms with van der Waals surface area (Å²) in [7, 11) is 1.46. The Hall–Kier alpha value is -3.42. The van der Waals surface area contributed by atoms with Crippen LogP contribution < -0.4 is 11.1 Å². The van der Waals surface area contributed by atoms with Gasteiger partial charge in [-0.2, -0.15) is 13.2 Å². The lowest BCUT2D eigenvalue weighted by atomic mass is 9.98. The van der Waals surface area contributed by atoms with E-state index in [1.165, 1.54) is 30.1 Å². The summed E-state index contributed by atoms with van der Waals surface area (Å²) >= 11 is 12.3. The van der Waals surface area contributed by atoms with Gasteiger partial charge in [0.2, 0.25) is 11.8 Å². The Morgan fingerprint density at radius 2 is 1.74 bits per heavy atom. The fourth-order valence-corrected chi connectivity index (χ4v) is 5.34. The Bertz CT molecular complexity index is 1330. The zero-order valence-corrected chi connectivity index (χ0v) is 24.5. The lowest BCUT2D eigenvalue weighted by molar-refractivity contribution is -0.206. The first kappa shape index (κ1) is 34.1. The van der Waals surface area contributed by atoms with Gasteiger partial charge in [-0.1, -0.05) is 41.4 Å². The van der Waals surface area contributed by atoms with Crippen molar-refractivity contribution in [1.82, 2.24) is 15.1 Å². The first-order chi connectivity index (χ1) is 20.2. The topological polar surface area (TPSA) is 122 Å². The van der Waals surface area contributed by atoms with Crippen LogP contribution in [0.3, 0.4) is 0 Å². The van der Waals surface area contributed by atoms with Crippen LogP contribution in [-0.2, 0) is 36.8 Å². The number of piperazine rings is 1. The molecule has 2 aromatic carbocycles. The quantitative estimate of drug-likeness (QED) is 0.285. The van der Waals surface area contributed by atoms with E-state index < -0.39 is 54.4 Å². The van der Waals surface area contributed by atoms with Gasteiger partial charge in [0.15, 0.2) is 6.10 Å². The summed E-state index contributed by atoms with van der Waals surface area (Å²) in [5.41, 5.74) is 6.23. The number of alkyl halides is 3. The second-order valence-electron chi connectivity index (χ2n) is 9.98. The number of carbonyl (C=O) groups excluding carboxylic acids is 4. The Morgan fingerprint density at radius 1 is 1.07 bits per heavy atom. The van der Waals surface area contributed by atoms with E-state index in [0.29, 0.717) is 15.6 Å². The number of ether oxygens (including phenoxy) is 1. The van der Waals surface area contributed by atoms with Crippen molar-refractivity contribution >= 4 is 46.9 Å². The highest BCUT2D eigenvalue weighted by Crippen LogP contribution is 2.27. The number of hydrogen-bond donors (Lipinski definition) is 2. The molecule has 1 saturated heterocycles. The molecule has 1 fully saturated rings. The number of halogens is 6. The molecule has 3 unspecified atom stereocenters. The van der Waals surface area contributed by atoms with Gasteiger partial charge in [-0.05, 0) is 48.2 Å². The summed E-state index contributed by atoms with van der Waals surface area (Å²) in [6, 6.07) is 7.92. The highest BCUT2D eigenvalue weighted by Gasteiger charge is 2.45. The molecule has 3 rings (SSSR count). The van der Waals surface area contributed by atoms with Gasteiger partial charge in [0.1, 0.15) is 5.82 Å². The average Bonchev–Trinajstić information content (AvgIpc) is 2.95. The van der Waals surface area contributed by atoms with Crippen LogP contribution in [0, 0.1) is 5.82 Å². The Balaban J connectivity index is 1.90. The van der Waals surface area contributed by atoms with Gasteiger partial charge in [0, 0.05) is 55.6 Å². The molecule has 0 bridgehead atoms. The molecule has 2 aromatic rings. The number of hydrogen-bond acceptors (Lipinski definition) is 6. The molecule has 3 amide bonds. The molecule has 0 spiro atoms. The number of carbonyl (C=O) groups is 4. The molecule has 234 valence electrons. The third-order valence-corrected chi connectivity index (χ3v) is 7.62. The van der Waals surface area contributed by atoms with Crippen molar-refractivity contribution in [1.29, 1.82) is 0 Å². The minimum absolute atomic E-state index is 0.0240. The third-order valence-electron chi connectivity index (χ3n) is 7.03. The Kier molecular flexibility index (Phi) is 11.8. The Labute approximate surface area is 255 Å². The van der Waals surface area contributed by atoms with Crippen LogP contribution in [0.4, 0.5) is 17.6 Å². The van der Waals surface area contributed by atoms with Crippen LogP contribution in [0.25, 0.3) is 0 Å². The number of benzene rings is 2. The van der Waals surface area contributed by atoms with E-state index in [-0.39, 0.29) is 50.4 Å². The van der Waals surface area contributed by atoms with E-state index in [0.717, 1.165) is 12.1 Å². The van der Waals surface area contributed by atoms with Crippen LogP contribution in [0.5, 0.6) is 0 Å². The number of rotatable bonds is 11. The molecule has 43 heavy (non-hydrogen) atoms. The van der Waals surface area contributed by atoms with Crippen LogP contribution >= 0.6 is 23.2 Å². The van der Waals surface area contributed by atoms with E-state index in [2.05, 4.69) is 10.1 Å². The summed E-state index contributed by atoms with van der Waals surface area (Å²) in [6.07, 6.45) is -7.70. The molecule has 0 aliphatic carbocycles. The van der Waals surface area contributed by atoms with Crippen molar-refractivity contribution in [3.63, 3.8) is 0 Å². The van der Waals surface area contributed by atoms with E-state index >= 15 is 0 Å². The second-order valence-corrected chi connectivity index (χ2v) is 10.8. The third kappa shape index (κ3) is 9.54. The molecule has 0 aromatic heterocycles. The van der Waals surface area contributed by atoms with E-state index in [1.54, 1.807) is 17.0 Å². The molecule has 15 heteroatoms. The zero-order valence-electron chi connectivity index (χ0n) is 23.0. The van der Waals surface area contributed by atoms with E-state index in [4.69, 9.17) is 28.9 Å².